The normalized spacial score (nSPS) is 12.1. The first-order valence-corrected chi connectivity index (χ1v) is 14.5. The number of aromatic nitrogens is 2. The fraction of sp³-hybridized carbons (Fsp3) is 0. The summed E-state index contributed by atoms with van der Waals surface area (Å²) in [4.78, 5) is 7.17. The molecule has 0 spiro atoms. The second kappa shape index (κ2) is 9.33. The van der Waals surface area contributed by atoms with Crippen molar-refractivity contribution in [3.05, 3.63) is 152 Å². The number of benzene rings is 6. The second-order valence-corrected chi connectivity index (χ2v) is 10.8. The van der Waals surface area contributed by atoms with Crippen molar-refractivity contribution in [2.75, 3.05) is 4.90 Å². The van der Waals surface area contributed by atoms with Gasteiger partial charge >= 0.3 is 0 Å². The highest BCUT2D eigenvalue weighted by Gasteiger charge is 2.31. The van der Waals surface area contributed by atoms with Gasteiger partial charge in [-0.25, -0.2) is 4.98 Å². The fourth-order valence-corrected chi connectivity index (χ4v) is 6.54. The van der Waals surface area contributed by atoms with E-state index in [2.05, 4.69) is 137 Å². The lowest BCUT2D eigenvalue weighted by molar-refractivity contribution is 0.620. The van der Waals surface area contributed by atoms with E-state index in [0.29, 0.717) is 5.89 Å². The van der Waals surface area contributed by atoms with Crippen molar-refractivity contribution >= 4 is 39.1 Å². The molecule has 0 saturated heterocycles. The van der Waals surface area contributed by atoms with E-state index in [1.165, 1.54) is 33.3 Å². The summed E-state index contributed by atoms with van der Waals surface area (Å²) in [6, 6.07) is 53.3. The van der Waals surface area contributed by atoms with E-state index in [-0.39, 0.29) is 0 Å². The molecule has 0 saturated carbocycles. The summed E-state index contributed by atoms with van der Waals surface area (Å²) >= 11 is 0. The molecule has 0 aliphatic carbocycles. The molecule has 0 bridgehead atoms. The van der Waals surface area contributed by atoms with Crippen molar-refractivity contribution in [2.24, 2.45) is 0 Å². The Morgan fingerprint density at radius 3 is 2.07 bits per heavy atom. The molecule has 43 heavy (non-hydrogen) atoms. The Kier molecular flexibility index (Phi) is 5.16. The Labute approximate surface area is 248 Å². The van der Waals surface area contributed by atoms with E-state index < -0.39 is 0 Å². The summed E-state index contributed by atoms with van der Waals surface area (Å²) < 4.78 is 8.59. The molecule has 0 N–H and O–H groups in total. The van der Waals surface area contributed by atoms with Crippen LogP contribution in [0.3, 0.4) is 0 Å². The van der Waals surface area contributed by atoms with Crippen molar-refractivity contribution in [3.63, 3.8) is 0 Å². The van der Waals surface area contributed by atoms with Crippen LogP contribution in [-0.4, -0.2) is 9.55 Å². The number of oxazole rings is 1. The summed E-state index contributed by atoms with van der Waals surface area (Å²) in [5.41, 5.74) is 13.0. The number of anilines is 3. The van der Waals surface area contributed by atoms with Gasteiger partial charge in [0, 0.05) is 39.0 Å². The van der Waals surface area contributed by atoms with Gasteiger partial charge in [-0.3, -0.25) is 0 Å². The van der Waals surface area contributed by atoms with E-state index in [9.17, 15) is 0 Å². The largest absolute Gasteiger partial charge is 0.436 e. The molecule has 8 aromatic rings. The number of nitrogens with zero attached hydrogens (tertiary/aromatic N) is 3. The SMILES string of the molecule is c1ccc(-n2c3c(c4ccccc42)-c2ccccc2N(c2cccc(-c4nc5ccccc5o4)c2)c2ccccc2-3)cc1. The van der Waals surface area contributed by atoms with Gasteiger partial charge in [0.05, 0.1) is 22.6 Å². The highest BCUT2D eigenvalue weighted by Crippen LogP contribution is 2.54. The molecule has 3 heterocycles. The number of hydrogen-bond acceptors (Lipinski definition) is 3. The minimum absolute atomic E-state index is 0.615. The van der Waals surface area contributed by atoms with Gasteiger partial charge in [0.15, 0.2) is 5.58 Å². The molecule has 9 rings (SSSR count). The van der Waals surface area contributed by atoms with Crippen LogP contribution in [0.25, 0.3) is 61.5 Å². The molecule has 0 atom stereocenters. The Hall–Kier alpha value is -5.87. The Morgan fingerprint density at radius 1 is 0.535 bits per heavy atom. The molecular weight excluding hydrogens is 526 g/mol. The van der Waals surface area contributed by atoms with Crippen LogP contribution in [0, 0.1) is 0 Å². The predicted molar refractivity (Wildman–Crippen MR) is 175 cm³/mol. The Balaban J connectivity index is 1.34. The minimum atomic E-state index is 0.615. The molecule has 2 aromatic heterocycles. The van der Waals surface area contributed by atoms with Crippen LogP contribution in [0.1, 0.15) is 0 Å². The summed E-state index contributed by atoms with van der Waals surface area (Å²) in [7, 11) is 0. The first kappa shape index (κ1) is 23.8. The number of hydrogen-bond donors (Lipinski definition) is 0. The van der Waals surface area contributed by atoms with Gasteiger partial charge in [-0.05, 0) is 60.7 Å². The maximum atomic E-state index is 6.18. The first-order valence-electron chi connectivity index (χ1n) is 14.5. The third kappa shape index (κ3) is 3.60. The van der Waals surface area contributed by atoms with Crippen LogP contribution in [-0.2, 0) is 0 Å². The monoisotopic (exact) mass is 551 g/mol. The number of para-hydroxylation sites is 6. The van der Waals surface area contributed by atoms with Crippen LogP contribution >= 0.6 is 0 Å². The van der Waals surface area contributed by atoms with Crippen LogP contribution < -0.4 is 4.90 Å². The summed E-state index contributed by atoms with van der Waals surface area (Å²) in [6.07, 6.45) is 0. The number of rotatable bonds is 3. The van der Waals surface area contributed by atoms with E-state index in [1.54, 1.807) is 0 Å². The molecule has 0 radical (unpaired) electrons. The van der Waals surface area contributed by atoms with Crippen molar-refractivity contribution in [2.45, 2.75) is 0 Å². The van der Waals surface area contributed by atoms with E-state index in [0.717, 1.165) is 39.4 Å². The third-order valence-electron chi connectivity index (χ3n) is 8.35. The maximum Gasteiger partial charge on any atom is 0.227 e. The zero-order valence-electron chi connectivity index (χ0n) is 23.2. The van der Waals surface area contributed by atoms with Gasteiger partial charge < -0.3 is 13.9 Å². The minimum Gasteiger partial charge on any atom is -0.436 e. The highest BCUT2D eigenvalue weighted by molar-refractivity contribution is 6.13. The van der Waals surface area contributed by atoms with E-state index in [1.807, 2.05) is 24.3 Å². The highest BCUT2D eigenvalue weighted by atomic mass is 16.3. The van der Waals surface area contributed by atoms with Crippen LogP contribution in [0.5, 0.6) is 0 Å². The maximum absolute atomic E-state index is 6.18. The lowest BCUT2D eigenvalue weighted by Crippen LogP contribution is -2.11. The Bertz CT molecular complexity index is 2280. The van der Waals surface area contributed by atoms with Gasteiger partial charge in [-0.15, -0.1) is 0 Å². The predicted octanol–water partition coefficient (Wildman–Crippen LogP) is 10.6. The molecule has 0 fully saturated rings. The molecule has 1 aliphatic rings. The molecule has 202 valence electrons. The van der Waals surface area contributed by atoms with Crippen LogP contribution in [0.2, 0.25) is 0 Å². The average molecular weight is 552 g/mol. The summed E-state index contributed by atoms with van der Waals surface area (Å²) in [5, 5.41) is 1.23. The van der Waals surface area contributed by atoms with Crippen LogP contribution in [0.4, 0.5) is 17.1 Å². The van der Waals surface area contributed by atoms with Crippen molar-refractivity contribution < 1.29 is 4.42 Å². The van der Waals surface area contributed by atoms with Crippen LogP contribution in [0.15, 0.2) is 156 Å². The number of fused-ring (bicyclic) bond motifs is 8. The van der Waals surface area contributed by atoms with Gasteiger partial charge in [0.25, 0.3) is 0 Å². The quantitative estimate of drug-likeness (QED) is 0.219. The lowest BCUT2D eigenvalue weighted by Gasteiger charge is -2.27. The molecular formula is C39H25N3O. The zero-order valence-corrected chi connectivity index (χ0v) is 23.2. The third-order valence-corrected chi connectivity index (χ3v) is 8.35. The molecule has 0 unspecified atom stereocenters. The Morgan fingerprint density at radius 2 is 1.21 bits per heavy atom. The topological polar surface area (TPSA) is 34.2 Å². The standard InChI is InChI=1S/C39H25N3O/c1-2-14-27(15-3-1)42-34-22-9-5-18-30(34)37-29-17-4-8-21-33(29)41(35-23-10-6-19-31(35)38(37)42)28-16-12-13-26(25-28)39-40-32-20-7-11-24-36(32)43-39/h1-25H. The smallest absolute Gasteiger partial charge is 0.227 e. The first-order chi connectivity index (χ1) is 21.3. The fourth-order valence-electron chi connectivity index (χ4n) is 6.54. The van der Waals surface area contributed by atoms with Crippen molar-refractivity contribution in [1.82, 2.24) is 9.55 Å². The zero-order chi connectivity index (χ0) is 28.3. The van der Waals surface area contributed by atoms with Gasteiger partial charge in [-0.1, -0.05) is 91.0 Å². The van der Waals surface area contributed by atoms with E-state index >= 15 is 0 Å². The van der Waals surface area contributed by atoms with E-state index in [4.69, 9.17) is 9.40 Å². The van der Waals surface area contributed by atoms with Gasteiger partial charge in [0.2, 0.25) is 5.89 Å². The molecule has 0 amide bonds. The summed E-state index contributed by atoms with van der Waals surface area (Å²) in [6.45, 7) is 0. The molecule has 1 aliphatic heterocycles. The summed E-state index contributed by atoms with van der Waals surface area (Å²) in [5.74, 6) is 0.615. The van der Waals surface area contributed by atoms with Gasteiger partial charge in [0.1, 0.15) is 5.52 Å². The molecule has 4 nitrogen and oxygen atoms in total. The van der Waals surface area contributed by atoms with Gasteiger partial charge in [-0.2, -0.15) is 0 Å². The molecule has 4 heteroatoms. The van der Waals surface area contributed by atoms with Crippen molar-refractivity contribution in [3.8, 4) is 39.5 Å². The van der Waals surface area contributed by atoms with Crippen molar-refractivity contribution in [1.29, 1.82) is 0 Å². The lowest BCUT2D eigenvalue weighted by atomic mass is 9.98. The second-order valence-electron chi connectivity index (χ2n) is 10.8. The molecule has 6 aromatic carbocycles. The average Bonchev–Trinajstić information content (AvgIpc) is 3.63.